The first-order chi connectivity index (χ1) is 9.34. The fourth-order valence-electron chi connectivity index (χ4n) is 2.19. The Morgan fingerprint density at radius 1 is 1.16 bits per heavy atom. The molecular weight excluding hydrogens is 236 g/mol. The lowest BCUT2D eigenvalue weighted by Crippen LogP contribution is -2.15. The molecule has 0 fully saturated rings. The number of imidazole rings is 1. The first-order valence-electron chi connectivity index (χ1n) is 6.33. The summed E-state index contributed by atoms with van der Waals surface area (Å²) in [6.07, 6.45) is 5.54. The molecule has 0 aliphatic rings. The Morgan fingerprint density at radius 3 is 2.89 bits per heavy atom. The molecule has 1 aromatic carbocycles. The molecule has 2 aromatic heterocycles. The number of hydrogen-bond donors (Lipinski definition) is 1. The van der Waals surface area contributed by atoms with Crippen molar-refractivity contribution < 1.29 is 0 Å². The minimum Gasteiger partial charge on any atom is -0.337 e. The fourth-order valence-corrected chi connectivity index (χ4v) is 2.19. The molecule has 4 nitrogen and oxygen atoms in total. The highest BCUT2D eigenvalue weighted by molar-refractivity contribution is 5.81. The molecule has 3 aromatic rings. The maximum atomic E-state index is 4.46. The Morgan fingerprint density at radius 2 is 2.05 bits per heavy atom. The van der Waals surface area contributed by atoms with E-state index in [2.05, 4.69) is 39.6 Å². The number of nitrogens with zero attached hydrogens (tertiary/aromatic N) is 3. The number of pyridine rings is 1. The quantitative estimate of drug-likeness (QED) is 0.774. The lowest BCUT2D eigenvalue weighted by Gasteiger charge is -2.07. The van der Waals surface area contributed by atoms with Crippen LogP contribution in [0.15, 0.2) is 49.1 Å². The van der Waals surface area contributed by atoms with Gasteiger partial charge in [0.2, 0.25) is 0 Å². The van der Waals surface area contributed by atoms with Gasteiger partial charge in [0.1, 0.15) is 0 Å². The average Bonchev–Trinajstić information content (AvgIpc) is 2.85. The summed E-state index contributed by atoms with van der Waals surface area (Å²) in [7, 11) is 2.00. The molecular formula is C15H16N4. The molecule has 0 amide bonds. The van der Waals surface area contributed by atoms with Gasteiger partial charge in [-0.2, -0.15) is 0 Å². The second kappa shape index (κ2) is 5.20. The largest absolute Gasteiger partial charge is 0.337 e. The summed E-state index contributed by atoms with van der Waals surface area (Å²) in [6, 6.07) is 10.3. The van der Waals surface area contributed by atoms with Crippen molar-refractivity contribution in [1.82, 2.24) is 19.9 Å². The first-order valence-corrected chi connectivity index (χ1v) is 6.33. The number of para-hydroxylation sites is 1. The molecule has 1 N–H and O–H groups in total. The summed E-state index contributed by atoms with van der Waals surface area (Å²) < 4.78 is 2.02. The normalized spacial score (nSPS) is 11.0. The highest BCUT2D eigenvalue weighted by Crippen LogP contribution is 2.15. The van der Waals surface area contributed by atoms with Crippen LogP contribution < -0.4 is 5.32 Å². The third-order valence-corrected chi connectivity index (χ3v) is 3.25. The van der Waals surface area contributed by atoms with Gasteiger partial charge in [0, 0.05) is 37.9 Å². The van der Waals surface area contributed by atoms with Crippen LogP contribution in [0.1, 0.15) is 11.3 Å². The van der Waals surface area contributed by atoms with E-state index in [0.717, 1.165) is 18.6 Å². The van der Waals surface area contributed by atoms with E-state index in [9.17, 15) is 0 Å². The van der Waals surface area contributed by atoms with Crippen molar-refractivity contribution in [2.24, 2.45) is 7.05 Å². The molecule has 0 atom stereocenters. The zero-order valence-corrected chi connectivity index (χ0v) is 10.9. The summed E-state index contributed by atoms with van der Waals surface area (Å²) in [5.74, 6) is 0. The van der Waals surface area contributed by atoms with Crippen molar-refractivity contribution in [3.05, 3.63) is 60.3 Å². The Kier molecular flexibility index (Phi) is 3.25. The molecule has 96 valence electrons. The Hall–Kier alpha value is -2.20. The average molecular weight is 252 g/mol. The van der Waals surface area contributed by atoms with Crippen LogP contribution in [0.3, 0.4) is 0 Å². The standard InChI is InChI=1S/C15H16N4/c1-19-11-17-10-14(19)9-16-8-13-5-2-4-12-6-3-7-18-15(12)13/h2-7,10-11,16H,8-9H2,1H3. The number of aromatic nitrogens is 3. The topological polar surface area (TPSA) is 42.7 Å². The van der Waals surface area contributed by atoms with Gasteiger partial charge in [-0.1, -0.05) is 24.3 Å². The lowest BCUT2D eigenvalue weighted by molar-refractivity contribution is 0.657. The Balaban J connectivity index is 1.74. The Labute approximate surface area is 112 Å². The van der Waals surface area contributed by atoms with E-state index in [1.54, 1.807) is 0 Å². The van der Waals surface area contributed by atoms with E-state index in [0.29, 0.717) is 0 Å². The molecule has 0 bridgehead atoms. The van der Waals surface area contributed by atoms with Gasteiger partial charge in [-0.3, -0.25) is 4.98 Å². The van der Waals surface area contributed by atoms with Gasteiger partial charge in [0.25, 0.3) is 0 Å². The van der Waals surface area contributed by atoms with Crippen molar-refractivity contribution in [3.63, 3.8) is 0 Å². The van der Waals surface area contributed by atoms with E-state index >= 15 is 0 Å². The van der Waals surface area contributed by atoms with E-state index in [-0.39, 0.29) is 0 Å². The zero-order valence-electron chi connectivity index (χ0n) is 10.9. The molecule has 0 radical (unpaired) electrons. The summed E-state index contributed by atoms with van der Waals surface area (Å²) in [4.78, 5) is 8.56. The monoisotopic (exact) mass is 252 g/mol. The number of hydrogen-bond acceptors (Lipinski definition) is 3. The van der Waals surface area contributed by atoms with Gasteiger partial charge in [-0.15, -0.1) is 0 Å². The zero-order chi connectivity index (χ0) is 13.1. The predicted octanol–water partition coefficient (Wildman–Crippen LogP) is 2.26. The molecule has 0 aliphatic carbocycles. The molecule has 0 aliphatic heterocycles. The van der Waals surface area contributed by atoms with E-state index in [4.69, 9.17) is 0 Å². The first kappa shape index (κ1) is 11.9. The van der Waals surface area contributed by atoms with Crippen molar-refractivity contribution in [1.29, 1.82) is 0 Å². The van der Waals surface area contributed by atoms with Crippen LogP contribution in [0.2, 0.25) is 0 Å². The Bertz CT molecular complexity index is 682. The summed E-state index contributed by atoms with van der Waals surface area (Å²) in [6.45, 7) is 1.61. The van der Waals surface area contributed by atoms with Crippen LogP contribution in [0.5, 0.6) is 0 Å². The predicted molar refractivity (Wildman–Crippen MR) is 75.5 cm³/mol. The van der Waals surface area contributed by atoms with Crippen LogP contribution in [0.4, 0.5) is 0 Å². The molecule has 0 saturated heterocycles. The molecule has 19 heavy (non-hydrogen) atoms. The molecule has 0 saturated carbocycles. The van der Waals surface area contributed by atoms with Crippen LogP contribution >= 0.6 is 0 Å². The molecule has 4 heteroatoms. The van der Waals surface area contributed by atoms with Gasteiger partial charge in [-0.25, -0.2) is 4.98 Å². The summed E-state index contributed by atoms with van der Waals surface area (Å²) in [5.41, 5.74) is 3.47. The van der Waals surface area contributed by atoms with Gasteiger partial charge in [0.15, 0.2) is 0 Å². The molecule has 2 heterocycles. The SMILES string of the molecule is Cn1cncc1CNCc1cccc2cccnc12. The molecule has 3 rings (SSSR count). The maximum Gasteiger partial charge on any atom is 0.0945 e. The second-order valence-electron chi connectivity index (χ2n) is 4.59. The summed E-state index contributed by atoms with van der Waals surface area (Å²) in [5, 5.41) is 4.62. The van der Waals surface area contributed by atoms with Crippen LogP contribution in [-0.2, 0) is 20.1 Å². The van der Waals surface area contributed by atoms with Crippen molar-refractivity contribution in [3.8, 4) is 0 Å². The van der Waals surface area contributed by atoms with Crippen molar-refractivity contribution in [2.45, 2.75) is 13.1 Å². The van der Waals surface area contributed by atoms with Crippen molar-refractivity contribution >= 4 is 10.9 Å². The fraction of sp³-hybridized carbons (Fsp3) is 0.200. The third kappa shape index (κ3) is 2.48. The molecule has 0 spiro atoms. The smallest absolute Gasteiger partial charge is 0.0945 e. The lowest BCUT2D eigenvalue weighted by atomic mass is 10.1. The van der Waals surface area contributed by atoms with Crippen LogP contribution in [0.25, 0.3) is 10.9 Å². The van der Waals surface area contributed by atoms with Gasteiger partial charge >= 0.3 is 0 Å². The number of fused-ring (bicyclic) bond motifs is 1. The van der Waals surface area contributed by atoms with Crippen LogP contribution in [-0.4, -0.2) is 14.5 Å². The minimum atomic E-state index is 0.805. The van der Waals surface area contributed by atoms with Crippen molar-refractivity contribution in [2.75, 3.05) is 0 Å². The number of rotatable bonds is 4. The van der Waals surface area contributed by atoms with Gasteiger partial charge in [0.05, 0.1) is 17.5 Å². The van der Waals surface area contributed by atoms with E-state index in [1.165, 1.54) is 16.6 Å². The van der Waals surface area contributed by atoms with E-state index < -0.39 is 0 Å². The number of aryl methyl sites for hydroxylation is 1. The minimum absolute atomic E-state index is 0.805. The van der Waals surface area contributed by atoms with Crippen LogP contribution in [0, 0.1) is 0 Å². The number of benzene rings is 1. The number of nitrogens with one attached hydrogen (secondary N) is 1. The van der Waals surface area contributed by atoms with E-state index in [1.807, 2.05) is 36.4 Å². The van der Waals surface area contributed by atoms with Gasteiger partial charge < -0.3 is 9.88 Å². The third-order valence-electron chi connectivity index (χ3n) is 3.25. The van der Waals surface area contributed by atoms with Gasteiger partial charge in [-0.05, 0) is 11.6 Å². The second-order valence-corrected chi connectivity index (χ2v) is 4.59. The molecule has 0 unspecified atom stereocenters. The highest BCUT2D eigenvalue weighted by atomic mass is 15.0. The maximum absolute atomic E-state index is 4.46. The highest BCUT2D eigenvalue weighted by Gasteiger charge is 2.02. The summed E-state index contributed by atoms with van der Waals surface area (Å²) >= 11 is 0.